The zero-order chi connectivity index (χ0) is 15.0. The van der Waals surface area contributed by atoms with Crippen LogP contribution in [0.15, 0.2) is 36.1 Å². The van der Waals surface area contributed by atoms with Crippen LogP contribution in [-0.4, -0.2) is 57.7 Å². The molecule has 0 aliphatic heterocycles. The Labute approximate surface area is 121 Å². The minimum atomic E-state index is 0.578. The Hall–Kier alpha value is -1.83. The zero-order valence-corrected chi connectivity index (χ0v) is 12.8. The van der Waals surface area contributed by atoms with Crippen molar-refractivity contribution >= 4 is 5.57 Å². The van der Waals surface area contributed by atoms with E-state index in [-0.39, 0.29) is 0 Å². The molecule has 0 bridgehead atoms. The van der Waals surface area contributed by atoms with Crippen molar-refractivity contribution in [2.24, 2.45) is 0 Å². The van der Waals surface area contributed by atoms with Gasteiger partial charge >= 0.3 is 0 Å². The molecule has 0 aromatic heterocycles. The van der Waals surface area contributed by atoms with Gasteiger partial charge < -0.3 is 14.5 Å². The first kappa shape index (κ1) is 16.2. The molecule has 0 aliphatic carbocycles. The topological polar surface area (TPSA) is 39.5 Å². The van der Waals surface area contributed by atoms with Crippen molar-refractivity contribution in [3.63, 3.8) is 0 Å². The van der Waals surface area contributed by atoms with E-state index in [9.17, 15) is 5.26 Å². The molecule has 1 aromatic rings. The average Bonchev–Trinajstić information content (AvgIpc) is 2.39. The van der Waals surface area contributed by atoms with E-state index in [1.165, 1.54) is 0 Å². The molecule has 0 N–H and O–H groups in total. The minimum absolute atomic E-state index is 0.578. The maximum Gasteiger partial charge on any atom is 0.128 e. The number of hydrogen-bond donors (Lipinski definition) is 0. The molecule has 0 saturated carbocycles. The van der Waals surface area contributed by atoms with Gasteiger partial charge in [-0.05, 0) is 33.8 Å². The number of rotatable bonds is 7. The number of nitriles is 1. The van der Waals surface area contributed by atoms with Crippen LogP contribution in [0.4, 0.5) is 0 Å². The quantitative estimate of drug-likeness (QED) is 0.563. The van der Waals surface area contributed by atoms with Gasteiger partial charge in [0.1, 0.15) is 18.4 Å². The predicted molar refractivity (Wildman–Crippen MR) is 82.0 cm³/mol. The highest BCUT2D eigenvalue weighted by atomic mass is 16.5. The fraction of sp³-hybridized carbons (Fsp3) is 0.438. The van der Waals surface area contributed by atoms with E-state index >= 15 is 0 Å². The normalized spacial score (nSPS) is 12.2. The maximum atomic E-state index is 9.45. The van der Waals surface area contributed by atoms with Crippen molar-refractivity contribution in [3.05, 3.63) is 41.7 Å². The summed E-state index contributed by atoms with van der Waals surface area (Å²) in [5.41, 5.74) is 1.51. The fourth-order valence-electron chi connectivity index (χ4n) is 1.73. The van der Waals surface area contributed by atoms with Gasteiger partial charge in [0, 0.05) is 6.54 Å². The third-order valence-electron chi connectivity index (χ3n) is 2.73. The van der Waals surface area contributed by atoms with Crippen LogP contribution in [-0.2, 0) is 4.74 Å². The van der Waals surface area contributed by atoms with E-state index < -0.39 is 0 Å². The largest absolute Gasteiger partial charge is 0.494 e. The molecule has 0 saturated heterocycles. The van der Waals surface area contributed by atoms with E-state index in [1.807, 2.05) is 63.4 Å². The average molecular weight is 273 g/mol. The highest BCUT2D eigenvalue weighted by molar-refractivity contribution is 5.78. The Morgan fingerprint density at radius 2 is 1.75 bits per heavy atom. The van der Waals surface area contributed by atoms with Crippen LogP contribution in [0.2, 0.25) is 0 Å². The van der Waals surface area contributed by atoms with Crippen LogP contribution in [0.3, 0.4) is 0 Å². The highest BCUT2D eigenvalue weighted by Crippen LogP contribution is 2.19. The molecule has 4 heteroatoms. The summed E-state index contributed by atoms with van der Waals surface area (Å²) in [6.45, 7) is 2.02. The molecular weight excluding hydrogens is 250 g/mol. The zero-order valence-electron chi connectivity index (χ0n) is 12.8. The Bertz CT molecular complexity index is 472. The number of benzene rings is 1. The summed E-state index contributed by atoms with van der Waals surface area (Å²) in [6, 6.07) is 11.9. The maximum absolute atomic E-state index is 9.45. The first-order valence-electron chi connectivity index (χ1n) is 6.65. The molecule has 0 radical (unpaired) electrons. The Kier molecular flexibility index (Phi) is 6.78. The lowest BCUT2D eigenvalue weighted by atomic mass is 10.1. The van der Waals surface area contributed by atoms with E-state index in [0.717, 1.165) is 17.9 Å². The summed E-state index contributed by atoms with van der Waals surface area (Å²) in [6.07, 6.45) is 0. The Morgan fingerprint density at radius 1 is 1.10 bits per heavy atom. The number of nitrogens with zero attached hydrogens (tertiary/aromatic N) is 3. The third kappa shape index (κ3) is 5.43. The smallest absolute Gasteiger partial charge is 0.128 e. The molecule has 108 valence electrons. The molecule has 0 aliphatic rings. The molecule has 0 atom stereocenters. The summed E-state index contributed by atoms with van der Waals surface area (Å²) in [5.74, 6) is 0.727. The van der Waals surface area contributed by atoms with Gasteiger partial charge in [0.05, 0.1) is 12.1 Å². The fourth-order valence-corrected chi connectivity index (χ4v) is 1.73. The lowest BCUT2D eigenvalue weighted by molar-refractivity contribution is 0.167. The summed E-state index contributed by atoms with van der Waals surface area (Å²) in [7, 11) is 7.94. The summed E-state index contributed by atoms with van der Waals surface area (Å²) in [4.78, 5) is 4.06. The van der Waals surface area contributed by atoms with Gasteiger partial charge in [-0.3, -0.25) is 0 Å². The Morgan fingerprint density at radius 3 is 2.25 bits per heavy atom. The molecule has 0 unspecified atom stereocenters. The second-order valence-corrected chi connectivity index (χ2v) is 5.17. The highest BCUT2D eigenvalue weighted by Gasteiger charge is 2.12. The SMILES string of the molecule is CN(C)CCO/C(CN(C)C)=C(/C#N)c1ccccc1. The second-order valence-electron chi connectivity index (χ2n) is 5.17. The van der Waals surface area contributed by atoms with Crippen LogP contribution in [0.5, 0.6) is 0 Å². The van der Waals surface area contributed by atoms with Crippen molar-refractivity contribution in [2.45, 2.75) is 0 Å². The van der Waals surface area contributed by atoms with Crippen molar-refractivity contribution in [1.29, 1.82) is 5.26 Å². The van der Waals surface area contributed by atoms with Crippen LogP contribution in [0.25, 0.3) is 5.57 Å². The number of hydrogen-bond acceptors (Lipinski definition) is 4. The molecule has 0 fully saturated rings. The van der Waals surface area contributed by atoms with Crippen molar-refractivity contribution in [1.82, 2.24) is 9.80 Å². The first-order valence-corrected chi connectivity index (χ1v) is 6.65. The van der Waals surface area contributed by atoms with E-state index in [4.69, 9.17) is 4.74 Å². The van der Waals surface area contributed by atoms with Crippen LogP contribution in [0, 0.1) is 11.3 Å². The minimum Gasteiger partial charge on any atom is -0.494 e. The van der Waals surface area contributed by atoms with Gasteiger partial charge in [0.25, 0.3) is 0 Å². The number of ether oxygens (including phenoxy) is 1. The van der Waals surface area contributed by atoms with E-state index in [0.29, 0.717) is 18.7 Å². The van der Waals surface area contributed by atoms with Gasteiger partial charge in [-0.2, -0.15) is 5.26 Å². The molecule has 0 heterocycles. The lowest BCUT2D eigenvalue weighted by Crippen LogP contribution is -2.22. The molecule has 0 amide bonds. The van der Waals surface area contributed by atoms with Gasteiger partial charge in [-0.15, -0.1) is 0 Å². The van der Waals surface area contributed by atoms with Gasteiger partial charge in [0.2, 0.25) is 0 Å². The molecular formula is C16H23N3O. The molecule has 1 aromatic carbocycles. The Balaban J connectivity index is 2.98. The van der Waals surface area contributed by atoms with Gasteiger partial charge in [-0.1, -0.05) is 30.3 Å². The molecule has 0 spiro atoms. The number of allylic oxidation sites excluding steroid dienone is 1. The number of likely N-dealkylation sites (N-methyl/N-ethyl adjacent to an activating group) is 2. The van der Waals surface area contributed by atoms with Crippen molar-refractivity contribution in [3.8, 4) is 6.07 Å². The van der Waals surface area contributed by atoms with Gasteiger partial charge in [0.15, 0.2) is 0 Å². The van der Waals surface area contributed by atoms with Gasteiger partial charge in [-0.25, -0.2) is 0 Å². The van der Waals surface area contributed by atoms with Crippen LogP contribution >= 0.6 is 0 Å². The molecule has 20 heavy (non-hydrogen) atoms. The monoisotopic (exact) mass is 273 g/mol. The summed E-state index contributed by atoms with van der Waals surface area (Å²) < 4.78 is 5.85. The lowest BCUT2D eigenvalue weighted by Gasteiger charge is -2.18. The molecule has 1 rings (SSSR count). The molecule has 4 nitrogen and oxygen atoms in total. The third-order valence-corrected chi connectivity index (χ3v) is 2.73. The standard InChI is InChI=1S/C16H23N3O/c1-18(2)10-11-20-16(13-19(3)4)15(12-17)14-8-6-5-7-9-14/h5-9H,10-11,13H2,1-4H3/b16-15-. The van der Waals surface area contributed by atoms with Crippen molar-refractivity contribution in [2.75, 3.05) is 47.9 Å². The van der Waals surface area contributed by atoms with E-state index in [1.54, 1.807) is 0 Å². The second kappa shape index (κ2) is 8.36. The van der Waals surface area contributed by atoms with Crippen LogP contribution < -0.4 is 0 Å². The first-order chi connectivity index (χ1) is 9.54. The van der Waals surface area contributed by atoms with Crippen molar-refractivity contribution < 1.29 is 4.74 Å². The summed E-state index contributed by atoms with van der Waals surface area (Å²) in [5, 5.41) is 9.45. The predicted octanol–water partition coefficient (Wildman–Crippen LogP) is 2.06. The summed E-state index contributed by atoms with van der Waals surface area (Å²) >= 11 is 0. The van der Waals surface area contributed by atoms with Crippen LogP contribution in [0.1, 0.15) is 5.56 Å². The van der Waals surface area contributed by atoms with E-state index in [2.05, 4.69) is 11.0 Å².